The predicted molar refractivity (Wildman–Crippen MR) is 79.9 cm³/mol. The zero-order valence-corrected chi connectivity index (χ0v) is 13.7. The van der Waals surface area contributed by atoms with Crippen LogP contribution in [0.15, 0.2) is 0 Å². The van der Waals surface area contributed by atoms with E-state index in [4.69, 9.17) is 12.2 Å². The van der Waals surface area contributed by atoms with E-state index in [9.17, 15) is 16.8 Å². The third-order valence-corrected chi connectivity index (χ3v) is 9.60. The molecule has 5 nitrogen and oxygen atoms in total. The Labute approximate surface area is 122 Å². The van der Waals surface area contributed by atoms with Gasteiger partial charge in [-0.2, -0.15) is 0 Å². The summed E-state index contributed by atoms with van der Waals surface area (Å²) in [5.74, 6) is 0.490. The van der Waals surface area contributed by atoms with Crippen LogP contribution in [-0.2, 0) is 19.7 Å². The van der Waals surface area contributed by atoms with Crippen LogP contribution in [0, 0.1) is 0 Å². The molecule has 0 aromatic rings. The molecule has 0 N–H and O–H groups in total. The minimum absolute atomic E-state index is 0.0300. The van der Waals surface area contributed by atoms with E-state index in [1.54, 1.807) is 0 Å². The molecule has 19 heavy (non-hydrogen) atoms. The second kappa shape index (κ2) is 4.08. The highest BCUT2D eigenvalue weighted by atomic mass is 32.2. The number of thiocarbonyl (C=S) groups is 1. The smallest absolute Gasteiger partial charge is 0.153 e. The fraction of sp³-hybridized carbons (Fsp3) is 0.900. The summed E-state index contributed by atoms with van der Waals surface area (Å²) in [5.41, 5.74) is -0.539. The van der Waals surface area contributed by atoms with E-state index in [1.165, 1.54) is 11.8 Å². The molecular weight excluding hydrogens is 326 g/mol. The van der Waals surface area contributed by atoms with Crippen LogP contribution in [0.2, 0.25) is 0 Å². The number of fused-ring (bicyclic) bond motifs is 1. The van der Waals surface area contributed by atoms with Crippen LogP contribution in [-0.4, -0.2) is 65.9 Å². The predicted octanol–water partition coefficient (Wildman–Crippen LogP) is 0.0629. The third kappa shape index (κ3) is 2.32. The topological polar surface area (TPSA) is 71.5 Å². The van der Waals surface area contributed by atoms with E-state index in [-0.39, 0.29) is 34.3 Å². The molecule has 0 radical (unpaired) electrons. The first-order valence-corrected chi connectivity index (χ1v) is 11.0. The summed E-state index contributed by atoms with van der Waals surface area (Å²) in [5, 5.41) is -0.0300. The molecule has 0 amide bonds. The summed E-state index contributed by atoms with van der Waals surface area (Å²) < 4.78 is 47.6. The standard InChI is InChI=1S/C10H15NO4S4/c1-10(2-3-18(12,13)6-10)11-7-4-19(14,15)5-8(7)17-9(11)16/h7-8H,2-6H2,1H3/t7-,8+,10+/m0/s1. The summed E-state index contributed by atoms with van der Waals surface area (Å²) in [6.45, 7) is 1.89. The lowest BCUT2D eigenvalue weighted by Gasteiger charge is -2.39. The van der Waals surface area contributed by atoms with Crippen LogP contribution < -0.4 is 0 Å². The van der Waals surface area contributed by atoms with Gasteiger partial charge in [-0.3, -0.25) is 0 Å². The van der Waals surface area contributed by atoms with Crippen LogP contribution in [0.1, 0.15) is 13.3 Å². The van der Waals surface area contributed by atoms with Crippen molar-refractivity contribution in [2.24, 2.45) is 0 Å². The Kier molecular flexibility index (Phi) is 3.03. The monoisotopic (exact) mass is 341 g/mol. The molecule has 0 aliphatic carbocycles. The van der Waals surface area contributed by atoms with E-state index in [0.717, 1.165) is 0 Å². The Balaban J connectivity index is 1.95. The van der Waals surface area contributed by atoms with Crippen LogP contribution in [0.5, 0.6) is 0 Å². The minimum atomic E-state index is -3.03. The second-order valence-electron chi connectivity index (χ2n) is 5.78. The highest BCUT2D eigenvalue weighted by Crippen LogP contribution is 2.44. The second-order valence-corrected chi connectivity index (χ2v) is 12.0. The molecule has 3 atom stereocenters. The highest BCUT2D eigenvalue weighted by Gasteiger charge is 2.55. The molecule has 3 aliphatic rings. The molecular formula is C10H15NO4S4. The first-order chi connectivity index (χ1) is 8.62. The van der Waals surface area contributed by atoms with Crippen molar-refractivity contribution in [1.29, 1.82) is 0 Å². The van der Waals surface area contributed by atoms with Gasteiger partial charge in [-0.15, -0.1) is 0 Å². The van der Waals surface area contributed by atoms with Crippen molar-refractivity contribution in [1.82, 2.24) is 4.90 Å². The maximum Gasteiger partial charge on any atom is 0.153 e. The van der Waals surface area contributed by atoms with Gasteiger partial charge in [-0.1, -0.05) is 24.0 Å². The molecule has 0 unspecified atom stereocenters. The van der Waals surface area contributed by atoms with Gasteiger partial charge in [0.05, 0.1) is 34.6 Å². The van der Waals surface area contributed by atoms with E-state index in [1.807, 2.05) is 11.8 Å². The Bertz CT molecular complexity index is 628. The van der Waals surface area contributed by atoms with Crippen LogP contribution in [0.4, 0.5) is 0 Å². The molecule has 0 spiro atoms. The van der Waals surface area contributed by atoms with Crippen molar-refractivity contribution in [2.75, 3.05) is 23.0 Å². The molecule has 0 bridgehead atoms. The molecule has 0 aromatic heterocycles. The largest absolute Gasteiger partial charge is 0.346 e. The molecule has 0 aromatic carbocycles. The quantitative estimate of drug-likeness (QED) is 0.625. The number of sulfone groups is 2. The lowest BCUT2D eigenvalue weighted by atomic mass is 9.97. The van der Waals surface area contributed by atoms with Crippen molar-refractivity contribution < 1.29 is 16.8 Å². The van der Waals surface area contributed by atoms with Gasteiger partial charge < -0.3 is 4.90 Å². The van der Waals surface area contributed by atoms with Crippen molar-refractivity contribution >= 4 is 48.0 Å². The number of hydrogen-bond acceptors (Lipinski definition) is 6. The van der Waals surface area contributed by atoms with E-state index in [2.05, 4.69) is 0 Å². The molecule has 9 heteroatoms. The van der Waals surface area contributed by atoms with Crippen LogP contribution in [0.3, 0.4) is 0 Å². The Hall–Kier alpha value is 0.140. The first-order valence-electron chi connectivity index (χ1n) is 6.03. The fourth-order valence-corrected chi connectivity index (χ4v) is 10.0. The molecule has 3 rings (SSSR count). The van der Waals surface area contributed by atoms with Crippen molar-refractivity contribution in [2.45, 2.75) is 30.2 Å². The van der Waals surface area contributed by atoms with Gasteiger partial charge in [-0.05, 0) is 13.3 Å². The van der Waals surface area contributed by atoms with E-state index < -0.39 is 25.2 Å². The lowest BCUT2D eigenvalue weighted by molar-refractivity contribution is 0.192. The van der Waals surface area contributed by atoms with Gasteiger partial charge in [0.1, 0.15) is 4.32 Å². The molecule has 108 valence electrons. The molecule has 3 heterocycles. The Morgan fingerprint density at radius 3 is 2.53 bits per heavy atom. The van der Waals surface area contributed by atoms with Gasteiger partial charge in [-0.25, -0.2) is 16.8 Å². The van der Waals surface area contributed by atoms with E-state index >= 15 is 0 Å². The number of nitrogens with zero attached hydrogens (tertiary/aromatic N) is 1. The SMILES string of the molecule is C[C@@]1(N2C(=S)S[C@@H]3CS(=O)(=O)C[C@@H]32)CCS(=O)(=O)C1. The van der Waals surface area contributed by atoms with Crippen LogP contribution in [0.25, 0.3) is 0 Å². The first kappa shape index (κ1) is 14.1. The molecule has 3 fully saturated rings. The lowest BCUT2D eigenvalue weighted by Crippen LogP contribution is -2.53. The Morgan fingerprint density at radius 1 is 1.26 bits per heavy atom. The van der Waals surface area contributed by atoms with Gasteiger partial charge in [0.25, 0.3) is 0 Å². The minimum Gasteiger partial charge on any atom is -0.346 e. The number of thioether (sulfide) groups is 1. The van der Waals surface area contributed by atoms with Crippen molar-refractivity contribution in [3.8, 4) is 0 Å². The van der Waals surface area contributed by atoms with Crippen molar-refractivity contribution in [3.63, 3.8) is 0 Å². The average molecular weight is 342 g/mol. The maximum atomic E-state index is 11.7. The number of hydrogen-bond donors (Lipinski definition) is 0. The zero-order valence-electron chi connectivity index (χ0n) is 10.4. The van der Waals surface area contributed by atoms with Gasteiger partial charge in [0.2, 0.25) is 0 Å². The molecule has 3 aliphatic heterocycles. The summed E-state index contributed by atoms with van der Waals surface area (Å²) in [7, 11) is -6.05. The van der Waals surface area contributed by atoms with Crippen molar-refractivity contribution in [3.05, 3.63) is 0 Å². The van der Waals surface area contributed by atoms with Gasteiger partial charge in [0, 0.05) is 5.25 Å². The molecule has 3 saturated heterocycles. The van der Waals surface area contributed by atoms with Crippen LogP contribution >= 0.6 is 24.0 Å². The zero-order chi connectivity index (χ0) is 14.1. The summed E-state index contributed by atoms with van der Waals surface area (Å²) in [6.07, 6.45) is 0.527. The highest BCUT2D eigenvalue weighted by molar-refractivity contribution is 8.24. The van der Waals surface area contributed by atoms with Gasteiger partial charge in [0.15, 0.2) is 19.7 Å². The summed E-state index contributed by atoms with van der Waals surface area (Å²) >= 11 is 6.77. The molecule has 0 saturated carbocycles. The third-order valence-electron chi connectivity index (χ3n) is 4.12. The Morgan fingerprint density at radius 2 is 1.95 bits per heavy atom. The van der Waals surface area contributed by atoms with Gasteiger partial charge >= 0.3 is 0 Å². The fourth-order valence-electron chi connectivity index (χ4n) is 3.28. The summed E-state index contributed by atoms with van der Waals surface area (Å²) in [6, 6.07) is -0.152. The maximum absolute atomic E-state index is 11.7. The average Bonchev–Trinajstić information content (AvgIpc) is 2.74. The number of rotatable bonds is 1. The normalized spacial score (nSPS) is 43.6. The van der Waals surface area contributed by atoms with E-state index in [0.29, 0.717) is 10.7 Å². The summed E-state index contributed by atoms with van der Waals surface area (Å²) in [4.78, 5) is 1.91.